The summed E-state index contributed by atoms with van der Waals surface area (Å²) in [6.07, 6.45) is 6.66. The van der Waals surface area contributed by atoms with E-state index in [1.807, 2.05) is 4.31 Å². The lowest BCUT2D eigenvalue weighted by Gasteiger charge is -2.33. The molecule has 0 aromatic carbocycles. The Labute approximate surface area is 117 Å². The lowest BCUT2D eigenvalue weighted by molar-refractivity contribution is 0.217. The summed E-state index contributed by atoms with van der Waals surface area (Å²) in [5, 5.41) is 3.38. The molecule has 0 bridgehead atoms. The van der Waals surface area contributed by atoms with Gasteiger partial charge < -0.3 is 5.32 Å². The van der Waals surface area contributed by atoms with Gasteiger partial charge in [-0.05, 0) is 57.0 Å². The van der Waals surface area contributed by atoms with Gasteiger partial charge in [0, 0.05) is 12.6 Å². The van der Waals surface area contributed by atoms with Crippen LogP contribution in [0.1, 0.15) is 45.4 Å². The summed E-state index contributed by atoms with van der Waals surface area (Å²) in [5.41, 5.74) is 0.261. The van der Waals surface area contributed by atoms with Crippen LogP contribution in [0, 0.1) is 11.3 Å². The van der Waals surface area contributed by atoms with Crippen LogP contribution in [0.3, 0.4) is 0 Å². The highest BCUT2D eigenvalue weighted by Gasteiger charge is 2.46. The zero-order valence-corrected chi connectivity index (χ0v) is 12.7. The normalized spacial score (nSPS) is 31.9. The topological polar surface area (TPSA) is 49.4 Å². The molecular weight excluding hydrogens is 260 g/mol. The van der Waals surface area contributed by atoms with E-state index < -0.39 is 10.0 Å². The zero-order valence-electron chi connectivity index (χ0n) is 11.9. The second-order valence-electron chi connectivity index (χ2n) is 6.90. The molecule has 2 saturated heterocycles. The Morgan fingerprint density at radius 1 is 1.26 bits per heavy atom. The van der Waals surface area contributed by atoms with Gasteiger partial charge in [0.2, 0.25) is 10.0 Å². The standard InChI is InChI=1S/C14H26N2O2S/c1-12-10-14(5-7-15-8-6-14)11-16(12)19(17,18)9-4-13-2-3-13/h12-13,15H,2-11H2,1H3. The van der Waals surface area contributed by atoms with E-state index in [-0.39, 0.29) is 11.5 Å². The van der Waals surface area contributed by atoms with Crippen molar-refractivity contribution < 1.29 is 8.42 Å². The first-order chi connectivity index (χ1) is 9.01. The minimum absolute atomic E-state index is 0.197. The van der Waals surface area contributed by atoms with Crippen molar-refractivity contribution in [3.05, 3.63) is 0 Å². The summed E-state index contributed by atoms with van der Waals surface area (Å²) in [6, 6.07) is 0.197. The lowest BCUT2D eigenvalue weighted by Crippen LogP contribution is -2.40. The molecule has 1 saturated carbocycles. The first kappa shape index (κ1) is 13.8. The van der Waals surface area contributed by atoms with Crippen LogP contribution in [0.5, 0.6) is 0 Å². The summed E-state index contributed by atoms with van der Waals surface area (Å²) in [7, 11) is -3.03. The van der Waals surface area contributed by atoms with Crippen molar-refractivity contribution in [1.82, 2.24) is 9.62 Å². The summed E-state index contributed by atoms with van der Waals surface area (Å²) in [6.45, 7) is 4.94. The minimum Gasteiger partial charge on any atom is -0.317 e. The summed E-state index contributed by atoms with van der Waals surface area (Å²) < 4.78 is 26.8. The summed E-state index contributed by atoms with van der Waals surface area (Å²) >= 11 is 0. The highest BCUT2D eigenvalue weighted by atomic mass is 32.2. The quantitative estimate of drug-likeness (QED) is 0.853. The molecule has 3 aliphatic rings. The van der Waals surface area contributed by atoms with Crippen LogP contribution >= 0.6 is 0 Å². The third-order valence-corrected chi connectivity index (χ3v) is 7.17. The Balaban J connectivity index is 1.66. The Morgan fingerprint density at radius 3 is 2.58 bits per heavy atom. The molecule has 0 aromatic rings. The molecule has 1 spiro atoms. The molecule has 110 valence electrons. The zero-order chi connectivity index (χ0) is 13.5. The van der Waals surface area contributed by atoms with E-state index in [0.717, 1.165) is 45.3 Å². The molecule has 0 radical (unpaired) electrons. The third-order valence-electron chi connectivity index (χ3n) is 5.21. The number of hydrogen-bond acceptors (Lipinski definition) is 3. The Morgan fingerprint density at radius 2 is 1.95 bits per heavy atom. The Hall–Kier alpha value is -0.130. The molecule has 5 heteroatoms. The highest BCUT2D eigenvalue weighted by Crippen LogP contribution is 2.43. The van der Waals surface area contributed by atoms with Gasteiger partial charge in [-0.15, -0.1) is 0 Å². The second kappa shape index (κ2) is 5.01. The van der Waals surface area contributed by atoms with Crippen molar-refractivity contribution in [1.29, 1.82) is 0 Å². The fourth-order valence-electron chi connectivity index (χ4n) is 3.81. The third kappa shape index (κ3) is 2.98. The molecule has 3 rings (SSSR count). The predicted molar refractivity (Wildman–Crippen MR) is 76.4 cm³/mol. The van der Waals surface area contributed by atoms with Crippen molar-refractivity contribution >= 4 is 10.0 Å². The van der Waals surface area contributed by atoms with E-state index in [9.17, 15) is 8.42 Å². The molecule has 0 aromatic heterocycles. The number of nitrogens with zero attached hydrogens (tertiary/aromatic N) is 1. The summed E-state index contributed by atoms with van der Waals surface area (Å²) in [4.78, 5) is 0. The van der Waals surface area contributed by atoms with Crippen molar-refractivity contribution in [2.45, 2.75) is 51.5 Å². The van der Waals surface area contributed by atoms with Gasteiger partial charge >= 0.3 is 0 Å². The van der Waals surface area contributed by atoms with Crippen molar-refractivity contribution in [3.8, 4) is 0 Å². The monoisotopic (exact) mass is 286 g/mol. The van der Waals surface area contributed by atoms with Crippen LogP contribution < -0.4 is 5.32 Å². The predicted octanol–water partition coefficient (Wildman–Crippen LogP) is 1.58. The van der Waals surface area contributed by atoms with Gasteiger partial charge in [-0.2, -0.15) is 4.31 Å². The molecule has 1 atom stereocenters. The van der Waals surface area contributed by atoms with E-state index in [2.05, 4.69) is 12.2 Å². The van der Waals surface area contributed by atoms with E-state index in [1.54, 1.807) is 0 Å². The fraction of sp³-hybridized carbons (Fsp3) is 1.00. The minimum atomic E-state index is -3.03. The van der Waals surface area contributed by atoms with Crippen molar-refractivity contribution in [2.24, 2.45) is 11.3 Å². The van der Waals surface area contributed by atoms with Gasteiger partial charge in [0.1, 0.15) is 0 Å². The molecular formula is C14H26N2O2S. The number of hydrogen-bond donors (Lipinski definition) is 1. The van der Waals surface area contributed by atoms with Gasteiger partial charge in [-0.25, -0.2) is 8.42 Å². The van der Waals surface area contributed by atoms with E-state index >= 15 is 0 Å². The molecule has 1 aliphatic carbocycles. The number of nitrogens with one attached hydrogen (secondary N) is 1. The van der Waals surface area contributed by atoms with Crippen LogP contribution in [-0.2, 0) is 10.0 Å². The lowest BCUT2D eigenvalue weighted by atomic mass is 9.77. The Bertz CT molecular complexity index is 425. The number of piperidine rings is 1. The van der Waals surface area contributed by atoms with E-state index in [4.69, 9.17) is 0 Å². The molecule has 1 N–H and O–H groups in total. The maximum absolute atomic E-state index is 12.5. The van der Waals surface area contributed by atoms with E-state index in [1.165, 1.54) is 12.8 Å². The molecule has 19 heavy (non-hydrogen) atoms. The number of sulfonamides is 1. The highest BCUT2D eigenvalue weighted by molar-refractivity contribution is 7.89. The van der Waals surface area contributed by atoms with Crippen LogP contribution in [0.4, 0.5) is 0 Å². The van der Waals surface area contributed by atoms with Crippen molar-refractivity contribution in [3.63, 3.8) is 0 Å². The number of rotatable bonds is 4. The van der Waals surface area contributed by atoms with Crippen LogP contribution in [0.25, 0.3) is 0 Å². The second-order valence-corrected chi connectivity index (χ2v) is 8.94. The van der Waals surface area contributed by atoms with Crippen LogP contribution in [-0.4, -0.2) is 44.2 Å². The fourth-order valence-corrected chi connectivity index (χ4v) is 5.77. The average molecular weight is 286 g/mol. The summed E-state index contributed by atoms with van der Waals surface area (Å²) in [5.74, 6) is 1.07. The van der Waals surface area contributed by atoms with Gasteiger partial charge in [-0.3, -0.25) is 0 Å². The van der Waals surface area contributed by atoms with Gasteiger partial charge in [0.05, 0.1) is 5.75 Å². The molecule has 4 nitrogen and oxygen atoms in total. The van der Waals surface area contributed by atoms with Crippen LogP contribution in [0.2, 0.25) is 0 Å². The van der Waals surface area contributed by atoms with Crippen LogP contribution in [0.15, 0.2) is 0 Å². The van der Waals surface area contributed by atoms with Gasteiger partial charge in [0.15, 0.2) is 0 Å². The maximum Gasteiger partial charge on any atom is 0.214 e. The largest absolute Gasteiger partial charge is 0.317 e. The molecule has 3 fully saturated rings. The first-order valence-electron chi connectivity index (χ1n) is 7.71. The SMILES string of the molecule is CC1CC2(CCNCC2)CN1S(=O)(=O)CCC1CC1. The molecule has 2 aliphatic heterocycles. The average Bonchev–Trinajstić information content (AvgIpc) is 3.14. The van der Waals surface area contributed by atoms with Gasteiger partial charge in [-0.1, -0.05) is 12.8 Å². The molecule has 2 heterocycles. The first-order valence-corrected chi connectivity index (χ1v) is 9.32. The Kier molecular flexibility index (Phi) is 3.65. The van der Waals surface area contributed by atoms with Crippen molar-refractivity contribution in [2.75, 3.05) is 25.4 Å². The van der Waals surface area contributed by atoms with Gasteiger partial charge in [0.25, 0.3) is 0 Å². The molecule has 1 unspecified atom stereocenters. The maximum atomic E-state index is 12.5. The van der Waals surface area contributed by atoms with E-state index in [0.29, 0.717) is 11.7 Å². The molecule has 0 amide bonds. The smallest absolute Gasteiger partial charge is 0.214 e.